The molecule has 0 unspecified atom stereocenters. The fourth-order valence-electron chi connectivity index (χ4n) is 3.64. The third kappa shape index (κ3) is 4.53. The van der Waals surface area contributed by atoms with Crippen LogP contribution in [0.1, 0.15) is 5.56 Å². The number of thioether (sulfide) groups is 1. The Balaban J connectivity index is 1.59. The summed E-state index contributed by atoms with van der Waals surface area (Å²) >= 11 is 1.26. The summed E-state index contributed by atoms with van der Waals surface area (Å²) in [5.74, 6) is -0.408. The van der Waals surface area contributed by atoms with Crippen LogP contribution >= 0.6 is 11.8 Å². The first-order valence-corrected chi connectivity index (χ1v) is 11.5. The molecule has 4 aromatic rings. The predicted octanol–water partition coefficient (Wildman–Crippen LogP) is 2.46. The molecule has 0 aliphatic rings. The van der Waals surface area contributed by atoms with Crippen molar-refractivity contribution in [2.24, 2.45) is 0 Å². The van der Waals surface area contributed by atoms with Gasteiger partial charge >= 0.3 is 5.69 Å². The van der Waals surface area contributed by atoms with Crippen LogP contribution in [0.3, 0.4) is 0 Å². The molecule has 10 heteroatoms. The number of aromatic amines is 1. The van der Waals surface area contributed by atoms with Crippen LogP contribution in [-0.2, 0) is 17.9 Å². The van der Waals surface area contributed by atoms with E-state index in [1.165, 1.54) is 28.3 Å². The van der Waals surface area contributed by atoms with Gasteiger partial charge in [-0.2, -0.15) is 0 Å². The van der Waals surface area contributed by atoms with Gasteiger partial charge in [0.25, 0.3) is 5.56 Å². The number of rotatable bonds is 8. The SMILES string of the molecule is C=CCn1c(SCC(=O)N(C)c2c(N)n(Cc3ccccc3)c(=O)[nH]c2=O)nc2ccccc21. The minimum absolute atomic E-state index is 0.0215. The topological polar surface area (TPSA) is 119 Å². The van der Waals surface area contributed by atoms with Crippen molar-refractivity contribution in [2.75, 3.05) is 23.4 Å². The van der Waals surface area contributed by atoms with Gasteiger partial charge in [0.1, 0.15) is 5.82 Å². The van der Waals surface area contributed by atoms with Crippen LogP contribution in [0.4, 0.5) is 11.5 Å². The van der Waals surface area contributed by atoms with Gasteiger partial charge in [-0.3, -0.25) is 19.1 Å². The zero-order chi connectivity index (χ0) is 24.2. The Bertz CT molecular complexity index is 1470. The van der Waals surface area contributed by atoms with E-state index in [2.05, 4.69) is 16.5 Å². The van der Waals surface area contributed by atoms with E-state index in [0.29, 0.717) is 11.7 Å². The lowest BCUT2D eigenvalue weighted by molar-refractivity contribution is -0.115. The van der Waals surface area contributed by atoms with Gasteiger partial charge in [0.15, 0.2) is 10.8 Å². The monoisotopic (exact) mass is 476 g/mol. The minimum Gasteiger partial charge on any atom is -0.383 e. The first-order valence-electron chi connectivity index (χ1n) is 10.5. The molecule has 2 aromatic carbocycles. The van der Waals surface area contributed by atoms with Crippen LogP contribution in [0, 0.1) is 0 Å². The van der Waals surface area contributed by atoms with Crippen molar-refractivity contribution < 1.29 is 4.79 Å². The summed E-state index contributed by atoms with van der Waals surface area (Å²) in [7, 11) is 1.47. The average Bonchev–Trinajstić information content (AvgIpc) is 3.18. The molecule has 0 saturated carbocycles. The van der Waals surface area contributed by atoms with Crippen LogP contribution in [0.5, 0.6) is 0 Å². The lowest BCUT2D eigenvalue weighted by atomic mass is 10.2. The lowest BCUT2D eigenvalue weighted by Crippen LogP contribution is -2.40. The summed E-state index contributed by atoms with van der Waals surface area (Å²) in [6, 6.07) is 16.9. The fourth-order valence-corrected chi connectivity index (χ4v) is 4.58. The molecule has 174 valence electrons. The van der Waals surface area contributed by atoms with Crippen LogP contribution in [0.25, 0.3) is 11.0 Å². The number of hydrogen-bond acceptors (Lipinski definition) is 6. The van der Waals surface area contributed by atoms with Crippen molar-refractivity contribution >= 4 is 40.2 Å². The van der Waals surface area contributed by atoms with Crippen molar-refractivity contribution in [3.8, 4) is 0 Å². The molecule has 1 amide bonds. The normalized spacial score (nSPS) is 11.0. The van der Waals surface area contributed by atoms with E-state index >= 15 is 0 Å². The molecule has 2 aromatic heterocycles. The minimum atomic E-state index is -0.716. The maximum atomic E-state index is 13.0. The fraction of sp³-hybridized carbons (Fsp3) is 0.167. The number of anilines is 2. The van der Waals surface area contributed by atoms with Crippen LogP contribution in [-0.4, -0.2) is 37.8 Å². The Hall–Kier alpha value is -4.05. The first-order chi connectivity index (χ1) is 16.4. The zero-order valence-corrected chi connectivity index (χ0v) is 19.4. The summed E-state index contributed by atoms with van der Waals surface area (Å²) in [5.41, 5.74) is 7.39. The molecule has 0 fully saturated rings. The van der Waals surface area contributed by atoms with Gasteiger partial charge < -0.3 is 15.2 Å². The molecule has 0 aliphatic carbocycles. The molecule has 0 spiro atoms. The van der Waals surface area contributed by atoms with Gasteiger partial charge in [0.2, 0.25) is 5.91 Å². The third-order valence-electron chi connectivity index (χ3n) is 5.36. The maximum absolute atomic E-state index is 13.0. The number of carbonyl (C=O) groups excluding carboxylic acids is 1. The van der Waals surface area contributed by atoms with E-state index in [-0.39, 0.29) is 29.7 Å². The highest BCUT2D eigenvalue weighted by molar-refractivity contribution is 7.99. The van der Waals surface area contributed by atoms with Crippen molar-refractivity contribution in [1.82, 2.24) is 19.1 Å². The second-order valence-corrected chi connectivity index (χ2v) is 8.53. The Morgan fingerprint density at radius 2 is 1.85 bits per heavy atom. The number of hydrogen-bond donors (Lipinski definition) is 2. The third-order valence-corrected chi connectivity index (χ3v) is 6.32. The second kappa shape index (κ2) is 9.84. The number of fused-ring (bicyclic) bond motifs is 1. The smallest absolute Gasteiger partial charge is 0.330 e. The number of H-pyrrole nitrogens is 1. The Morgan fingerprint density at radius 1 is 1.15 bits per heavy atom. The van der Waals surface area contributed by atoms with Crippen LogP contribution in [0.2, 0.25) is 0 Å². The molecule has 4 rings (SSSR count). The van der Waals surface area contributed by atoms with E-state index in [0.717, 1.165) is 16.6 Å². The van der Waals surface area contributed by atoms with Gasteiger partial charge in [-0.15, -0.1) is 6.58 Å². The summed E-state index contributed by atoms with van der Waals surface area (Å²) in [5, 5.41) is 0.666. The summed E-state index contributed by atoms with van der Waals surface area (Å²) in [6.07, 6.45) is 1.77. The van der Waals surface area contributed by atoms with Gasteiger partial charge in [0.05, 0.1) is 23.3 Å². The maximum Gasteiger partial charge on any atom is 0.330 e. The Morgan fingerprint density at radius 3 is 2.59 bits per heavy atom. The number of para-hydroxylation sites is 2. The van der Waals surface area contributed by atoms with E-state index in [9.17, 15) is 14.4 Å². The predicted molar refractivity (Wildman–Crippen MR) is 135 cm³/mol. The van der Waals surface area contributed by atoms with E-state index in [4.69, 9.17) is 5.73 Å². The van der Waals surface area contributed by atoms with Gasteiger partial charge in [0, 0.05) is 13.6 Å². The quantitative estimate of drug-likeness (QED) is 0.298. The largest absolute Gasteiger partial charge is 0.383 e. The molecule has 9 nitrogen and oxygen atoms in total. The number of imidazole rings is 1. The van der Waals surface area contributed by atoms with Gasteiger partial charge in [-0.25, -0.2) is 9.78 Å². The molecule has 34 heavy (non-hydrogen) atoms. The number of benzene rings is 2. The van der Waals surface area contributed by atoms with Crippen molar-refractivity contribution in [2.45, 2.75) is 18.2 Å². The number of allylic oxidation sites excluding steroid dienone is 1. The molecule has 0 bridgehead atoms. The highest BCUT2D eigenvalue weighted by Crippen LogP contribution is 2.25. The Labute approximate surface area is 199 Å². The number of aromatic nitrogens is 4. The molecular weight excluding hydrogens is 452 g/mol. The number of carbonyl (C=O) groups is 1. The molecular formula is C24H24N6O3S. The molecule has 0 radical (unpaired) electrons. The van der Waals surface area contributed by atoms with E-state index in [1.807, 2.05) is 59.2 Å². The van der Waals surface area contributed by atoms with Gasteiger partial charge in [-0.1, -0.05) is 60.3 Å². The van der Waals surface area contributed by atoms with E-state index < -0.39 is 11.2 Å². The second-order valence-electron chi connectivity index (χ2n) is 7.59. The number of amides is 1. The van der Waals surface area contributed by atoms with Crippen molar-refractivity contribution in [3.63, 3.8) is 0 Å². The highest BCUT2D eigenvalue weighted by atomic mass is 32.2. The standard InChI is InChI=1S/C24H24N6O3S/c1-3-13-29-18-12-8-7-11-17(18)26-24(29)34-15-19(31)28(2)20-21(25)30(23(33)27-22(20)32)14-16-9-5-4-6-10-16/h3-12H,1,13-15,25H2,2H3,(H,27,32,33). The number of nitrogens with zero attached hydrogens (tertiary/aromatic N) is 4. The molecule has 0 saturated heterocycles. The molecule has 2 heterocycles. The summed E-state index contributed by atoms with van der Waals surface area (Å²) in [4.78, 5) is 46.0. The first kappa shape index (κ1) is 23.1. The number of nitrogen functional groups attached to an aromatic ring is 1. The van der Waals surface area contributed by atoms with E-state index in [1.54, 1.807) is 6.08 Å². The molecule has 3 N–H and O–H groups in total. The molecule has 0 atom stereocenters. The van der Waals surface area contributed by atoms with Crippen molar-refractivity contribution in [3.05, 3.63) is 93.7 Å². The lowest BCUT2D eigenvalue weighted by Gasteiger charge is -2.20. The highest BCUT2D eigenvalue weighted by Gasteiger charge is 2.22. The Kier molecular flexibility index (Phi) is 6.69. The number of nitrogens with two attached hydrogens (primary N) is 1. The average molecular weight is 477 g/mol. The summed E-state index contributed by atoms with van der Waals surface area (Å²) < 4.78 is 3.22. The van der Waals surface area contributed by atoms with Crippen LogP contribution in [0.15, 0.2) is 82.0 Å². The molecule has 0 aliphatic heterocycles. The number of nitrogens with one attached hydrogen (secondary N) is 1. The van der Waals surface area contributed by atoms with Crippen LogP contribution < -0.4 is 21.9 Å². The van der Waals surface area contributed by atoms with Crippen molar-refractivity contribution in [1.29, 1.82) is 0 Å². The zero-order valence-electron chi connectivity index (χ0n) is 18.6. The van der Waals surface area contributed by atoms with Gasteiger partial charge in [-0.05, 0) is 17.7 Å². The summed E-state index contributed by atoms with van der Waals surface area (Å²) in [6.45, 7) is 4.51.